The first-order valence-corrected chi connectivity index (χ1v) is 13.8. The molecular weight excluding hydrogens is 563 g/mol. The maximum absolute atomic E-state index is 14.8. The molecule has 0 bridgehead atoms. The molecule has 9 nitrogen and oxygen atoms in total. The Labute approximate surface area is 225 Å². The molecule has 3 heterocycles. The highest BCUT2D eigenvalue weighted by Gasteiger charge is 2.55. The fourth-order valence-electron chi connectivity index (χ4n) is 5.20. The van der Waals surface area contributed by atoms with Gasteiger partial charge in [0, 0.05) is 42.1 Å². The van der Waals surface area contributed by atoms with Crippen molar-refractivity contribution in [1.29, 1.82) is 0 Å². The van der Waals surface area contributed by atoms with E-state index in [4.69, 9.17) is 4.74 Å². The van der Waals surface area contributed by atoms with Crippen LogP contribution in [0.3, 0.4) is 0 Å². The largest absolute Gasteiger partial charge is 0.478 e. The Morgan fingerprint density at radius 2 is 1.88 bits per heavy atom. The van der Waals surface area contributed by atoms with Crippen LogP contribution in [0.1, 0.15) is 39.7 Å². The van der Waals surface area contributed by atoms with E-state index in [2.05, 4.69) is 10.4 Å². The topological polar surface area (TPSA) is 114 Å². The molecular formula is C25H23F5N4O5S. The van der Waals surface area contributed by atoms with Crippen LogP contribution in [0.4, 0.5) is 27.6 Å². The number of rotatable bonds is 6. The fraction of sp³-hybridized carbons (Fsp3) is 0.360. The van der Waals surface area contributed by atoms with Crippen LogP contribution in [0, 0.1) is 11.6 Å². The van der Waals surface area contributed by atoms with E-state index < -0.39 is 63.7 Å². The lowest BCUT2D eigenvalue weighted by atomic mass is 9.88. The molecule has 0 aliphatic carbocycles. The highest BCUT2D eigenvalue weighted by molar-refractivity contribution is 7.89. The number of carboxylic acids is 1. The average Bonchev–Trinajstić information content (AvgIpc) is 3.45. The molecule has 0 amide bonds. The Morgan fingerprint density at radius 1 is 1.15 bits per heavy atom. The number of hydrogen-bond acceptors (Lipinski definition) is 7. The molecule has 214 valence electrons. The second-order valence-corrected chi connectivity index (χ2v) is 11.6. The molecule has 2 aliphatic heterocycles. The Hall–Kier alpha value is -3.56. The second kappa shape index (κ2) is 10.1. The summed E-state index contributed by atoms with van der Waals surface area (Å²) in [5.41, 5.74) is 0.137. The monoisotopic (exact) mass is 586 g/mol. The van der Waals surface area contributed by atoms with Gasteiger partial charge in [-0.1, -0.05) is 12.1 Å². The van der Waals surface area contributed by atoms with Crippen molar-refractivity contribution >= 4 is 21.7 Å². The molecule has 0 saturated carbocycles. The van der Waals surface area contributed by atoms with E-state index in [0.717, 1.165) is 28.5 Å². The second-order valence-electron chi connectivity index (χ2n) is 9.73. The molecule has 1 aromatic heterocycles. The molecule has 5 rings (SSSR count). The van der Waals surface area contributed by atoms with Crippen molar-refractivity contribution in [3.05, 3.63) is 82.7 Å². The van der Waals surface area contributed by atoms with Crippen molar-refractivity contribution in [3.63, 3.8) is 0 Å². The van der Waals surface area contributed by atoms with Crippen LogP contribution in [0.15, 0.2) is 48.7 Å². The molecule has 2 aromatic carbocycles. The fourth-order valence-corrected chi connectivity index (χ4v) is 5.76. The number of ether oxygens (including phenoxy) is 1. The first-order valence-electron chi connectivity index (χ1n) is 12.0. The van der Waals surface area contributed by atoms with Gasteiger partial charge in [-0.25, -0.2) is 22.0 Å². The van der Waals surface area contributed by atoms with Crippen molar-refractivity contribution in [1.82, 2.24) is 14.1 Å². The van der Waals surface area contributed by atoms with Crippen LogP contribution < -0.4 is 5.32 Å². The van der Waals surface area contributed by atoms with Crippen molar-refractivity contribution in [2.24, 2.45) is 0 Å². The highest BCUT2D eigenvalue weighted by atomic mass is 32.2. The average molecular weight is 587 g/mol. The van der Waals surface area contributed by atoms with Gasteiger partial charge >= 0.3 is 12.1 Å². The number of para-hydroxylation sites is 1. The Morgan fingerprint density at radius 3 is 2.52 bits per heavy atom. The molecule has 1 saturated heterocycles. The summed E-state index contributed by atoms with van der Waals surface area (Å²) in [7, 11) is -3.70. The lowest BCUT2D eigenvalue weighted by Crippen LogP contribution is -2.57. The maximum Gasteiger partial charge on any atom is 0.416 e. The summed E-state index contributed by atoms with van der Waals surface area (Å²) in [5.74, 6) is -3.17. The minimum Gasteiger partial charge on any atom is -0.478 e. The van der Waals surface area contributed by atoms with Crippen LogP contribution in [0.2, 0.25) is 0 Å². The Balaban J connectivity index is 1.53. The van der Waals surface area contributed by atoms with E-state index in [1.807, 2.05) is 0 Å². The first kappa shape index (κ1) is 28.0. The van der Waals surface area contributed by atoms with Gasteiger partial charge in [0.2, 0.25) is 0 Å². The number of halogens is 5. The van der Waals surface area contributed by atoms with Gasteiger partial charge < -0.3 is 15.2 Å². The van der Waals surface area contributed by atoms with Crippen molar-refractivity contribution in [2.45, 2.75) is 50.0 Å². The third kappa shape index (κ3) is 5.40. The van der Waals surface area contributed by atoms with Crippen molar-refractivity contribution < 1.29 is 45.0 Å². The summed E-state index contributed by atoms with van der Waals surface area (Å²) in [6.45, 7) is -0.182. The predicted octanol–water partition coefficient (Wildman–Crippen LogP) is 3.92. The number of aromatic nitrogens is 2. The SMILES string of the molecule is CS(=O)(=O)n1cc2c(n1)CN([C@@H]1C[C@H](Nc3ccccc3C(=O)O)[C@@H](c3cc(F)ccc3F)O[C@@H]1C(F)(F)F)C2. The number of aromatic carboxylic acids is 1. The molecule has 0 radical (unpaired) electrons. The zero-order valence-corrected chi connectivity index (χ0v) is 21.6. The van der Waals surface area contributed by atoms with Gasteiger partial charge in [-0.15, -0.1) is 0 Å². The van der Waals surface area contributed by atoms with Crippen LogP contribution in [0.25, 0.3) is 0 Å². The Kier molecular flexibility index (Phi) is 7.08. The van der Waals surface area contributed by atoms with Gasteiger partial charge in [0.15, 0.2) is 6.10 Å². The molecule has 3 aromatic rings. The minimum absolute atomic E-state index is 0.0591. The van der Waals surface area contributed by atoms with E-state index in [1.54, 1.807) is 0 Å². The standard InChI is InChI=1S/C25H23F5N4O5S/c1-40(37,38)34-11-13-10-33(12-20(13)32-34)21-9-19(31-18-5-3-2-4-15(18)24(35)36)22(39-23(21)25(28,29)30)16-8-14(26)6-7-17(16)27/h2-8,11,19,21-23,31H,9-10,12H2,1H3,(H,35,36)/t19-,21+,22+,23-/m0/s1. The van der Waals surface area contributed by atoms with E-state index >= 15 is 0 Å². The van der Waals surface area contributed by atoms with Gasteiger partial charge in [-0.3, -0.25) is 4.90 Å². The molecule has 4 atom stereocenters. The summed E-state index contributed by atoms with van der Waals surface area (Å²) in [5, 5.41) is 16.5. The van der Waals surface area contributed by atoms with Gasteiger partial charge in [0.05, 0.1) is 23.6 Å². The molecule has 15 heteroatoms. The number of benzene rings is 2. The van der Waals surface area contributed by atoms with E-state index in [1.165, 1.54) is 35.4 Å². The summed E-state index contributed by atoms with van der Waals surface area (Å²) in [4.78, 5) is 13.2. The summed E-state index contributed by atoms with van der Waals surface area (Å²) in [6.07, 6.45) is -7.11. The number of carbonyl (C=O) groups is 1. The van der Waals surface area contributed by atoms with Gasteiger partial charge in [0.1, 0.15) is 17.7 Å². The third-order valence-electron chi connectivity index (χ3n) is 6.98. The number of hydrogen-bond donors (Lipinski definition) is 2. The quantitative estimate of drug-likeness (QED) is 0.418. The zero-order valence-electron chi connectivity index (χ0n) is 20.8. The maximum atomic E-state index is 14.8. The van der Waals surface area contributed by atoms with Crippen molar-refractivity contribution in [2.75, 3.05) is 11.6 Å². The normalized spacial score (nSPS) is 23.6. The van der Waals surface area contributed by atoms with Crippen LogP contribution in [-0.2, 0) is 27.8 Å². The van der Waals surface area contributed by atoms with E-state index in [-0.39, 0.29) is 36.5 Å². The van der Waals surface area contributed by atoms with Crippen LogP contribution in [-0.4, -0.2) is 64.2 Å². The minimum atomic E-state index is -4.91. The number of nitrogens with one attached hydrogen (secondary N) is 1. The lowest BCUT2D eigenvalue weighted by molar-refractivity contribution is -0.268. The number of carboxylic acid groups (broad SMARTS) is 1. The lowest BCUT2D eigenvalue weighted by Gasteiger charge is -2.46. The van der Waals surface area contributed by atoms with Gasteiger partial charge in [-0.2, -0.15) is 22.4 Å². The van der Waals surface area contributed by atoms with Gasteiger partial charge in [-0.05, 0) is 36.8 Å². The molecule has 2 N–H and O–H groups in total. The number of nitrogens with zero attached hydrogens (tertiary/aromatic N) is 3. The summed E-state index contributed by atoms with van der Waals surface area (Å²) < 4.78 is 102. The smallest absolute Gasteiger partial charge is 0.416 e. The Bertz CT molecular complexity index is 1540. The number of fused-ring (bicyclic) bond motifs is 1. The van der Waals surface area contributed by atoms with E-state index in [9.17, 15) is 40.3 Å². The first-order chi connectivity index (χ1) is 18.7. The number of anilines is 1. The number of alkyl halides is 3. The van der Waals surface area contributed by atoms with E-state index in [0.29, 0.717) is 5.56 Å². The summed E-state index contributed by atoms with van der Waals surface area (Å²) >= 11 is 0. The predicted molar refractivity (Wildman–Crippen MR) is 131 cm³/mol. The molecule has 0 unspecified atom stereocenters. The summed E-state index contributed by atoms with van der Waals surface area (Å²) in [6, 6.07) is 5.57. The van der Waals surface area contributed by atoms with Crippen molar-refractivity contribution in [3.8, 4) is 0 Å². The van der Waals surface area contributed by atoms with Crippen LogP contribution >= 0.6 is 0 Å². The molecule has 1 fully saturated rings. The molecule has 40 heavy (non-hydrogen) atoms. The third-order valence-corrected chi connectivity index (χ3v) is 7.85. The van der Waals surface area contributed by atoms with Gasteiger partial charge in [0.25, 0.3) is 10.0 Å². The molecule has 0 spiro atoms. The van der Waals surface area contributed by atoms with Crippen LogP contribution in [0.5, 0.6) is 0 Å². The molecule has 2 aliphatic rings. The zero-order chi connectivity index (χ0) is 29.0. The highest BCUT2D eigenvalue weighted by Crippen LogP contribution is 2.44.